The van der Waals surface area contributed by atoms with Crippen LogP contribution >= 0.6 is 11.6 Å². The van der Waals surface area contributed by atoms with Gasteiger partial charge in [0.1, 0.15) is 0 Å². The van der Waals surface area contributed by atoms with Gasteiger partial charge >= 0.3 is 6.03 Å². The highest BCUT2D eigenvalue weighted by Gasteiger charge is 2.07. The van der Waals surface area contributed by atoms with E-state index in [9.17, 15) is 4.79 Å². The molecule has 1 aromatic heterocycles. The predicted octanol–water partition coefficient (Wildman–Crippen LogP) is 3.91. The minimum absolute atomic E-state index is 0.282. The molecule has 0 aliphatic rings. The number of benzene rings is 2. The lowest BCUT2D eigenvalue weighted by Crippen LogP contribution is -2.28. The fourth-order valence-corrected chi connectivity index (χ4v) is 3.01. The van der Waals surface area contributed by atoms with Crippen LogP contribution in [0.15, 0.2) is 60.9 Å². The lowest BCUT2D eigenvalue weighted by Gasteiger charge is -2.12. The molecule has 0 bridgehead atoms. The molecule has 0 unspecified atom stereocenters. The van der Waals surface area contributed by atoms with Crippen molar-refractivity contribution in [3.05, 3.63) is 77.1 Å². The molecule has 7 heteroatoms. The normalized spacial score (nSPS) is 10.8. The molecule has 0 aliphatic heterocycles. The molecule has 27 heavy (non-hydrogen) atoms. The zero-order chi connectivity index (χ0) is 19.2. The first-order valence-corrected chi connectivity index (χ1v) is 8.96. The summed E-state index contributed by atoms with van der Waals surface area (Å²) < 4.78 is 1.67. The molecular formula is C20H22ClN5O. The summed E-state index contributed by atoms with van der Waals surface area (Å²) in [5, 5.41) is 10.3. The van der Waals surface area contributed by atoms with Gasteiger partial charge in [-0.3, -0.25) is 0 Å². The number of halogens is 1. The number of urea groups is 1. The highest BCUT2D eigenvalue weighted by molar-refractivity contribution is 6.32. The molecule has 2 aromatic carbocycles. The van der Waals surface area contributed by atoms with E-state index in [4.69, 9.17) is 11.6 Å². The van der Waals surface area contributed by atoms with E-state index in [1.165, 1.54) is 5.56 Å². The van der Waals surface area contributed by atoms with Crippen molar-refractivity contribution in [3.8, 4) is 5.69 Å². The maximum Gasteiger partial charge on any atom is 0.319 e. The molecule has 3 rings (SSSR count). The van der Waals surface area contributed by atoms with E-state index in [-0.39, 0.29) is 6.03 Å². The Labute approximate surface area is 163 Å². The first-order chi connectivity index (χ1) is 13.0. The van der Waals surface area contributed by atoms with Gasteiger partial charge in [-0.2, -0.15) is 5.10 Å². The van der Waals surface area contributed by atoms with Gasteiger partial charge in [0.25, 0.3) is 0 Å². The quantitative estimate of drug-likeness (QED) is 0.678. The van der Waals surface area contributed by atoms with Crippen LogP contribution in [-0.4, -0.2) is 34.8 Å². The van der Waals surface area contributed by atoms with Crippen LogP contribution in [0.25, 0.3) is 5.69 Å². The van der Waals surface area contributed by atoms with Crippen molar-refractivity contribution in [1.29, 1.82) is 0 Å². The van der Waals surface area contributed by atoms with Crippen LogP contribution in [0.3, 0.4) is 0 Å². The smallest absolute Gasteiger partial charge is 0.319 e. The molecule has 2 amide bonds. The Morgan fingerprint density at radius 3 is 2.67 bits per heavy atom. The molecule has 0 atom stereocenters. The first-order valence-electron chi connectivity index (χ1n) is 8.58. The number of carbonyl (C=O) groups is 1. The zero-order valence-electron chi connectivity index (χ0n) is 15.3. The van der Waals surface area contributed by atoms with Gasteiger partial charge in [0, 0.05) is 31.2 Å². The van der Waals surface area contributed by atoms with Gasteiger partial charge < -0.3 is 15.5 Å². The number of anilines is 1. The number of rotatable bonds is 6. The Balaban J connectivity index is 1.57. The molecule has 0 saturated carbocycles. The largest absolute Gasteiger partial charge is 0.334 e. The van der Waals surface area contributed by atoms with E-state index in [2.05, 4.69) is 32.8 Å². The third-order valence-corrected chi connectivity index (χ3v) is 4.20. The zero-order valence-corrected chi connectivity index (χ0v) is 16.1. The van der Waals surface area contributed by atoms with Gasteiger partial charge in [0.2, 0.25) is 0 Å². The molecule has 6 nitrogen and oxygen atoms in total. The molecule has 3 aromatic rings. The highest BCUT2D eigenvalue weighted by Crippen LogP contribution is 2.23. The SMILES string of the molecule is CN(C)Cc1cccc(CNC(=O)Nc2ccc(-n3cccn3)c(Cl)c2)c1. The second-order valence-electron chi connectivity index (χ2n) is 6.48. The average Bonchev–Trinajstić information content (AvgIpc) is 3.14. The molecule has 0 aliphatic carbocycles. The van der Waals surface area contributed by atoms with Crippen molar-refractivity contribution < 1.29 is 4.79 Å². The summed E-state index contributed by atoms with van der Waals surface area (Å²) in [7, 11) is 4.06. The summed E-state index contributed by atoms with van der Waals surface area (Å²) in [6.07, 6.45) is 3.49. The fraction of sp³-hybridized carbons (Fsp3) is 0.200. The minimum Gasteiger partial charge on any atom is -0.334 e. The molecule has 140 valence electrons. The van der Waals surface area contributed by atoms with Gasteiger partial charge in [0.05, 0.1) is 10.7 Å². The molecular weight excluding hydrogens is 362 g/mol. The second kappa shape index (κ2) is 8.70. The van der Waals surface area contributed by atoms with Crippen molar-refractivity contribution in [1.82, 2.24) is 20.0 Å². The van der Waals surface area contributed by atoms with Crippen molar-refractivity contribution in [2.45, 2.75) is 13.1 Å². The first kappa shape index (κ1) is 18.9. The molecule has 0 radical (unpaired) electrons. The van der Waals surface area contributed by atoms with E-state index in [1.54, 1.807) is 23.0 Å². The summed E-state index contributed by atoms with van der Waals surface area (Å²) in [5.74, 6) is 0. The second-order valence-corrected chi connectivity index (χ2v) is 6.89. The number of hydrogen-bond acceptors (Lipinski definition) is 3. The van der Waals surface area contributed by atoms with Gasteiger partial charge in [-0.1, -0.05) is 35.9 Å². The Bertz CT molecular complexity index is 908. The van der Waals surface area contributed by atoms with Crippen molar-refractivity contribution in [3.63, 3.8) is 0 Å². The van der Waals surface area contributed by atoms with Crippen molar-refractivity contribution in [2.75, 3.05) is 19.4 Å². The summed E-state index contributed by atoms with van der Waals surface area (Å²) in [4.78, 5) is 14.3. The van der Waals surface area contributed by atoms with E-state index < -0.39 is 0 Å². The van der Waals surface area contributed by atoms with Crippen molar-refractivity contribution in [2.24, 2.45) is 0 Å². The predicted molar refractivity (Wildman–Crippen MR) is 108 cm³/mol. The van der Waals surface area contributed by atoms with E-state index in [1.807, 2.05) is 44.6 Å². The Morgan fingerprint density at radius 2 is 1.96 bits per heavy atom. The van der Waals surface area contributed by atoms with Crippen LogP contribution in [0.1, 0.15) is 11.1 Å². The highest BCUT2D eigenvalue weighted by atomic mass is 35.5. The number of amides is 2. The third-order valence-electron chi connectivity index (χ3n) is 3.90. The standard InChI is InChI=1S/C20H22ClN5O/c1-25(2)14-16-6-3-5-15(11-16)13-22-20(27)24-17-7-8-19(18(21)12-17)26-10-4-9-23-26/h3-12H,13-14H2,1-2H3,(H2,22,24,27). The Kier molecular flexibility index (Phi) is 6.11. The van der Waals surface area contributed by atoms with E-state index >= 15 is 0 Å². The number of nitrogens with zero attached hydrogens (tertiary/aromatic N) is 3. The average molecular weight is 384 g/mol. The summed E-state index contributed by atoms with van der Waals surface area (Å²) in [5.41, 5.74) is 3.64. The Hall–Kier alpha value is -2.83. The molecule has 2 N–H and O–H groups in total. The van der Waals surface area contributed by atoms with Gasteiger partial charge in [-0.15, -0.1) is 0 Å². The Morgan fingerprint density at radius 1 is 1.15 bits per heavy atom. The van der Waals surface area contributed by atoms with Gasteiger partial charge in [0.15, 0.2) is 0 Å². The summed E-state index contributed by atoms with van der Waals surface area (Å²) >= 11 is 6.30. The molecule has 0 saturated heterocycles. The maximum absolute atomic E-state index is 12.2. The van der Waals surface area contributed by atoms with Gasteiger partial charge in [-0.05, 0) is 49.5 Å². The summed E-state index contributed by atoms with van der Waals surface area (Å²) in [6, 6.07) is 15.0. The molecule has 0 spiro atoms. The number of aromatic nitrogens is 2. The van der Waals surface area contributed by atoms with E-state index in [0.29, 0.717) is 17.3 Å². The van der Waals surface area contributed by atoms with Crippen LogP contribution in [0.5, 0.6) is 0 Å². The third kappa shape index (κ3) is 5.32. The number of hydrogen-bond donors (Lipinski definition) is 2. The lowest BCUT2D eigenvalue weighted by molar-refractivity contribution is 0.251. The number of carbonyl (C=O) groups excluding carboxylic acids is 1. The van der Waals surface area contributed by atoms with Crippen molar-refractivity contribution >= 4 is 23.3 Å². The lowest BCUT2D eigenvalue weighted by atomic mass is 10.1. The molecule has 1 heterocycles. The van der Waals surface area contributed by atoms with Crippen LogP contribution in [0.2, 0.25) is 5.02 Å². The van der Waals surface area contributed by atoms with Crippen LogP contribution in [0.4, 0.5) is 10.5 Å². The minimum atomic E-state index is -0.282. The number of nitrogens with one attached hydrogen (secondary N) is 2. The van der Waals surface area contributed by atoms with Gasteiger partial charge in [-0.25, -0.2) is 9.48 Å². The fourth-order valence-electron chi connectivity index (χ4n) is 2.74. The monoisotopic (exact) mass is 383 g/mol. The summed E-state index contributed by atoms with van der Waals surface area (Å²) in [6.45, 7) is 1.31. The van der Waals surface area contributed by atoms with Crippen LogP contribution in [-0.2, 0) is 13.1 Å². The molecule has 0 fully saturated rings. The topological polar surface area (TPSA) is 62.2 Å². The van der Waals surface area contributed by atoms with Crippen LogP contribution < -0.4 is 10.6 Å². The maximum atomic E-state index is 12.2. The van der Waals surface area contributed by atoms with Crippen LogP contribution in [0, 0.1) is 0 Å². The van der Waals surface area contributed by atoms with E-state index in [0.717, 1.165) is 17.8 Å².